The number of hydrogen-bond donors (Lipinski definition) is 0. The highest BCUT2D eigenvalue weighted by Crippen LogP contribution is 2.22. The Morgan fingerprint density at radius 2 is 2.00 bits per heavy atom. The van der Waals surface area contributed by atoms with E-state index in [0.29, 0.717) is 5.02 Å². The Labute approximate surface area is 111 Å². The number of rotatable bonds is 1. The quantitative estimate of drug-likeness (QED) is 0.684. The van der Waals surface area contributed by atoms with E-state index in [4.69, 9.17) is 11.6 Å². The molecule has 1 aromatic carbocycles. The van der Waals surface area contributed by atoms with Crippen molar-refractivity contribution >= 4 is 33.2 Å². The second kappa shape index (κ2) is 4.13. The molecule has 0 spiro atoms. The first-order chi connectivity index (χ1) is 8.24. The van der Waals surface area contributed by atoms with Crippen molar-refractivity contribution in [2.45, 2.75) is 0 Å². The van der Waals surface area contributed by atoms with Crippen LogP contribution in [0.2, 0.25) is 5.02 Å². The molecule has 0 aliphatic heterocycles. The van der Waals surface area contributed by atoms with Gasteiger partial charge in [-0.25, -0.2) is 0 Å². The van der Waals surface area contributed by atoms with Crippen LogP contribution in [0.15, 0.2) is 47.1 Å². The average molecular weight is 309 g/mol. The minimum atomic E-state index is 0.689. The molecule has 2 aromatic heterocycles. The lowest BCUT2D eigenvalue weighted by Crippen LogP contribution is -1.89. The fourth-order valence-corrected chi connectivity index (χ4v) is 2.22. The summed E-state index contributed by atoms with van der Waals surface area (Å²) in [6.45, 7) is 0. The van der Waals surface area contributed by atoms with Gasteiger partial charge >= 0.3 is 0 Å². The van der Waals surface area contributed by atoms with Crippen molar-refractivity contribution in [2.24, 2.45) is 0 Å². The maximum absolute atomic E-state index is 5.98. The Kier molecular flexibility index (Phi) is 2.61. The fourth-order valence-electron chi connectivity index (χ4n) is 1.69. The van der Waals surface area contributed by atoms with Crippen LogP contribution in [-0.4, -0.2) is 14.6 Å². The van der Waals surface area contributed by atoms with Gasteiger partial charge in [-0.3, -0.25) is 4.40 Å². The third-order valence-corrected chi connectivity index (χ3v) is 3.15. The molecule has 0 amide bonds. The maximum Gasteiger partial charge on any atom is 0.168 e. The highest BCUT2D eigenvalue weighted by molar-refractivity contribution is 9.10. The number of halogens is 2. The maximum atomic E-state index is 5.98. The molecular formula is C12H7BrClN3. The molecular weight excluding hydrogens is 302 g/mol. The summed E-state index contributed by atoms with van der Waals surface area (Å²) in [4.78, 5) is 0. The molecule has 5 heteroatoms. The number of benzene rings is 1. The van der Waals surface area contributed by atoms with E-state index in [0.717, 1.165) is 21.5 Å². The zero-order valence-corrected chi connectivity index (χ0v) is 11.0. The van der Waals surface area contributed by atoms with Gasteiger partial charge < -0.3 is 0 Å². The summed E-state index contributed by atoms with van der Waals surface area (Å²) >= 11 is 9.41. The van der Waals surface area contributed by atoms with Crippen molar-refractivity contribution in [3.05, 3.63) is 52.1 Å². The predicted molar refractivity (Wildman–Crippen MR) is 71.1 cm³/mol. The highest BCUT2D eigenvalue weighted by Gasteiger charge is 2.08. The lowest BCUT2D eigenvalue weighted by atomic mass is 10.2. The Morgan fingerprint density at radius 3 is 2.82 bits per heavy atom. The molecule has 0 aliphatic rings. The van der Waals surface area contributed by atoms with Crippen LogP contribution in [0.5, 0.6) is 0 Å². The second-order valence-corrected chi connectivity index (χ2v) is 4.96. The van der Waals surface area contributed by atoms with Gasteiger partial charge in [0, 0.05) is 21.3 Å². The van der Waals surface area contributed by atoms with Gasteiger partial charge in [0.15, 0.2) is 11.5 Å². The van der Waals surface area contributed by atoms with E-state index in [1.165, 1.54) is 0 Å². The second-order valence-electron chi connectivity index (χ2n) is 3.61. The molecule has 0 unspecified atom stereocenters. The molecule has 0 aliphatic carbocycles. The summed E-state index contributed by atoms with van der Waals surface area (Å²) in [5, 5.41) is 8.99. The molecule has 0 atom stereocenters. The van der Waals surface area contributed by atoms with Crippen LogP contribution in [0.4, 0.5) is 0 Å². The summed E-state index contributed by atoms with van der Waals surface area (Å²) in [5.41, 5.74) is 1.76. The van der Waals surface area contributed by atoms with Gasteiger partial charge in [0.2, 0.25) is 0 Å². The van der Waals surface area contributed by atoms with Crippen LogP contribution in [0.25, 0.3) is 17.0 Å². The lowest BCUT2D eigenvalue weighted by molar-refractivity contribution is 1.11. The molecule has 17 heavy (non-hydrogen) atoms. The Morgan fingerprint density at radius 1 is 1.12 bits per heavy atom. The largest absolute Gasteiger partial charge is 0.281 e. The molecule has 0 radical (unpaired) electrons. The van der Waals surface area contributed by atoms with Crippen molar-refractivity contribution in [2.75, 3.05) is 0 Å². The fraction of sp³-hybridized carbons (Fsp3) is 0. The number of fused-ring (bicyclic) bond motifs is 1. The normalized spacial score (nSPS) is 10.9. The third-order valence-electron chi connectivity index (χ3n) is 2.45. The third kappa shape index (κ3) is 1.94. The van der Waals surface area contributed by atoms with Gasteiger partial charge in [-0.2, -0.15) is 0 Å². The number of pyridine rings is 1. The van der Waals surface area contributed by atoms with E-state index in [2.05, 4.69) is 26.1 Å². The van der Waals surface area contributed by atoms with Crippen LogP contribution in [-0.2, 0) is 0 Å². The summed E-state index contributed by atoms with van der Waals surface area (Å²) in [5.74, 6) is 0.781. The van der Waals surface area contributed by atoms with Crippen LogP contribution < -0.4 is 0 Å². The standard InChI is InChI=1S/C12H7BrClN3/c13-9-4-5-11-15-16-12(17(11)7-9)8-2-1-3-10(14)6-8/h1-7H. The molecule has 2 heterocycles. The summed E-state index contributed by atoms with van der Waals surface area (Å²) in [6, 6.07) is 11.4. The zero-order chi connectivity index (χ0) is 11.8. The van der Waals surface area contributed by atoms with Crippen molar-refractivity contribution in [1.29, 1.82) is 0 Å². The molecule has 0 saturated heterocycles. The number of hydrogen-bond acceptors (Lipinski definition) is 2. The zero-order valence-electron chi connectivity index (χ0n) is 8.64. The van der Waals surface area contributed by atoms with Crippen LogP contribution in [0, 0.1) is 0 Å². The highest BCUT2D eigenvalue weighted by atomic mass is 79.9. The molecule has 3 nitrogen and oxygen atoms in total. The topological polar surface area (TPSA) is 30.2 Å². The lowest BCUT2D eigenvalue weighted by Gasteiger charge is -2.00. The monoisotopic (exact) mass is 307 g/mol. The molecule has 0 bridgehead atoms. The van der Waals surface area contributed by atoms with Crippen molar-refractivity contribution in [1.82, 2.24) is 14.6 Å². The first-order valence-electron chi connectivity index (χ1n) is 5.00. The SMILES string of the molecule is Clc1cccc(-c2nnc3ccc(Br)cn23)c1. The van der Waals surface area contributed by atoms with E-state index >= 15 is 0 Å². The smallest absolute Gasteiger partial charge is 0.168 e. The van der Waals surface area contributed by atoms with Crippen LogP contribution >= 0.6 is 27.5 Å². The molecule has 0 N–H and O–H groups in total. The van der Waals surface area contributed by atoms with Gasteiger partial charge in [0.1, 0.15) is 0 Å². The van der Waals surface area contributed by atoms with Crippen LogP contribution in [0.3, 0.4) is 0 Å². The van der Waals surface area contributed by atoms with Crippen molar-refractivity contribution in [3.8, 4) is 11.4 Å². The molecule has 0 fully saturated rings. The van der Waals surface area contributed by atoms with Crippen molar-refractivity contribution in [3.63, 3.8) is 0 Å². The van der Waals surface area contributed by atoms with Crippen LogP contribution in [0.1, 0.15) is 0 Å². The van der Waals surface area contributed by atoms with E-state index < -0.39 is 0 Å². The van der Waals surface area contributed by atoms with E-state index in [-0.39, 0.29) is 0 Å². The predicted octanol–water partition coefficient (Wildman–Crippen LogP) is 3.81. The summed E-state index contributed by atoms with van der Waals surface area (Å²) in [7, 11) is 0. The van der Waals surface area contributed by atoms with Gasteiger partial charge in [-0.1, -0.05) is 23.7 Å². The van der Waals surface area contributed by atoms with Crippen molar-refractivity contribution < 1.29 is 0 Å². The summed E-state index contributed by atoms with van der Waals surface area (Å²) in [6.07, 6.45) is 1.94. The minimum absolute atomic E-state index is 0.689. The molecule has 3 aromatic rings. The average Bonchev–Trinajstić information content (AvgIpc) is 2.71. The van der Waals surface area contributed by atoms with Gasteiger partial charge in [0.05, 0.1) is 0 Å². The van der Waals surface area contributed by atoms with Gasteiger partial charge in [0.25, 0.3) is 0 Å². The van der Waals surface area contributed by atoms with Gasteiger partial charge in [-0.05, 0) is 40.2 Å². The molecule has 0 saturated carbocycles. The van der Waals surface area contributed by atoms with E-state index in [9.17, 15) is 0 Å². The first kappa shape index (κ1) is 10.7. The molecule has 3 rings (SSSR count). The van der Waals surface area contributed by atoms with E-state index in [1.54, 1.807) is 0 Å². The Hall–Kier alpha value is -1.39. The molecule has 84 valence electrons. The Bertz CT molecular complexity index is 693. The number of nitrogens with zero attached hydrogens (tertiary/aromatic N) is 3. The van der Waals surface area contributed by atoms with E-state index in [1.807, 2.05) is 47.0 Å². The Balaban J connectivity index is 2.27. The summed E-state index contributed by atoms with van der Waals surface area (Å²) < 4.78 is 2.91. The first-order valence-corrected chi connectivity index (χ1v) is 6.17. The minimum Gasteiger partial charge on any atom is -0.281 e. The number of aromatic nitrogens is 3. The van der Waals surface area contributed by atoms with Gasteiger partial charge in [-0.15, -0.1) is 10.2 Å².